The molecule has 270 valence electrons. The first-order chi connectivity index (χ1) is 27.3. The predicted octanol–water partition coefficient (Wildman–Crippen LogP) is 15.4. The molecule has 55 heavy (non-hydrogen) atoms. The second kappa shape index (κ2) is 17.0. The molecule has 0 unspecified atom stereocenters. The molecule has 9 rings (SSSR count). The molecule has 0 aliphatic heterocycles. The van der Waals surface area contributed by atoms with E-state index in [0.717, 1.165) is 17.8 Å². The zero-order valence-corrected chi connectivity index (χ0v) is 32.3. The summed E-state index contributed by atoms with van der Waals surface area (Å²) in [5.74, 6) is 0. The number of aromatic nitrogens is 2. The highest BCUT2D eigenvalue weighted by Crippen LogP contribution is 2.41. The van der Waals surface area contributed by atoms with Crippen molar-refractivity contribution in [3.63, 3.8) is 0 Å². The van der Waals surface area contributed by atoms with E-state index in [1.165, 1.54) is 71.4 Å². The molecule has 0 N–H and O–H groups in total. The molecule has 0 fully saturated rings. The third-order valence-corrected chi connectivity index (χ3v) is 9.95. The minimum absolute atomic E-state index is 0.807. The van der Waals surface area contributed by atoms with E-state index in [1.807, 2.05) is 39.8 Å². The minimum Gasteiger partial charge on any atom is -0.310 e. The summed E-state index contributed by atoms with van der Waals surface area (Å²) in [5.41, 5.74) is 13.0. The molecule has 0 atom stereocenters. The number of para-hydroxylation sites is 3. The van der Waals surface area contributed by atoms with Crippen molar-refractivity contribution in [3.8, 4) is 27.9 Å². The van der Waals surface area contributed by atoms with E-state index in [4.69, 9.17) is 0 Å². The Morgan fingerprint density at radius 2 is 1.07 bits per heavy atom. The van der Waals surface area contributed by atoms with Gasteiger partial charge in [0.15, 0.2) is 0 Å². The van der Waals surface area contributed by atoms with Gasteiger partial charge in [-0.1, -0.05) is 186 Å². The summed E-state index contributed by atoms with van der Waals surface area (Å²) in [6.45, 7) is 12.2. The van der Waals surface area contributed by atoms with Gasteiger partial charge in [-0.2, -0.15) is 0 Å². The maximum atomic E-state index is 4.23. The highest BCUT2D eigenvalue weighted by molar-refractivity contribution is 6.16. The van der Waals surface area contributed by atoms with Crippen molar-refractivity contribution in [1.82, 2.24) is 9.13 Å². The van der Waals surface area contributed by atoms with E-state index in [9.17, 15) is 0 Å². The highest BCUT2D eigenvalue weighted by Gasteiger charge is 2.18. The highest BCUT2D eigenvalue weighted by atomic mass is 15.0. The number of nitrogens with zero attached hydrogens (tertiary/aromatic N) is 2. The van der Waals surface area contributed by atoms with E-state index >= 15 is 0 Å². The molecule has 0 bridgehead atoms. The van der Waals surface area contributed by atoms with Crippen LogP contribution in [0.5, 0.6) is 0 Å². The maximum Gasteiger partial charge on any atom is 0.0619 e. The summed E-state index contributed by atoms with van der Waals surface area (Å²) in [4.78, 5) is 0. The fourth-order valence-electron chi connectivity index (χ4n) is 7.59. The first kappa shape index (κ1) is 36.7. The van der Waals surface area contributed by atoms with Crippen molar-refractivity contribution in [1.29, 1.82) is 0 Å². The smallest absolute Gasteiger partial charge is 0.0619 e. The number of hydrogen-bond acceptors (Lipinski definition) is 0. The first-order valence-electron chi connectivity index (χ1n) is 19.5. The van der Waals surface area contributed by atoms with Crippen molar-refractivity contribution in [3.05, 3.63) is 200 Å². The fourth-order valence-corrected chi connectivity index (χ4v) is 7.59. The third kappa shape index (κ3) is 7.07. The Morgan fingerprint density at radius 3 is 1.78 bits per heavy atom. The summed E-state index contributed by atoms with van der Waals surface area (Å²) in [6, 6.07) is 61.1. The van der Waals surface area contributed by atoms with Crippen LogP contribution >= 0.6 is 0 Å². The molecule has 2 heterocycles. The van der Waals surface area contributed by atoms with Crippen molar-refractivity contribution >= 4 is 55.4 Å². The van der Waals surface area contributed by atoms with Crippen LogP contribution < -0.4 is 0 Å². The van der Waals surface area contributed by atoms with E-state index in [0.29, 0.717) is 0 Å². The molecule has 2 heteroatoms. The average molecular weight is 713 g/mol. The Balaban J connectivity index is 0.00000113. The van der Waals surface area contributed by atoms with Crippen LogP contribution in [0.2, 0.25) is 0 Å². The van der Waals surface area contributed by atoms with Gasteiger partial charge < -0.3 is 9.13 Å². The van der Waals surface area contributed by atoms with Gasteiger partial charge >= 0.3 is 0 Å². The van der Waals surface area contributed by atoms with Crippen LogP contribution in [0.15, 0.2) is 195 Å². The van der Waals surface area contributed by atoms with Gasteiger partial charge in [-0.3, -0.25) is 0 Å². The van der Waals surface area contributed by atoms with Crippen LogP contribution in [0.4, 0.5) is 0 Å². The van der Waals surface area contributed by atoms with Crippen molar-refractivity contribution in [2.24, 2.45) is 0 Å². The first-order valence-corrected chi connectivity index (χ1v) is 19.5. The molecule has 2 nitrogen and oxygen atoms in total. The van der Waals surface area contributed by atoms with Gasteiger partial charge in [0.05, 0.1) is 22.1 Å². The van der Waals surface area contributed by atoms with E-state index in [2.05, 4.69) is 198 Å². The van der Waals surface area contributed by atoms with Gasteiger partial charge in [-0.15, -0.1) is 0 Å². The summed E-state index contributed by atoms with van der Waals surface area (Å²) in [5, 5.41) is 4.95. The monoisotopic (exact) mass is 712 g/mol. The van der Waals surface area contributed by atoms with E-state index < -0.39 is 0 Å². The molecule has 0 saturated heterocycles. The summed E-state index contributed by atoms with van der Waals surface area (Å²) < 4.78 is 4.79. The lowest BCUT2D eigenvalue weighted by Gasteiger charge is -2.13. The largest absolute Gasteiger partial charge is 0.310 e. The SMILES string of the molecule is C=C/C(=C\CC=Cc1ccccc1)n1c2ccccc2c2cc(-c3cccc4c5ccccc5n(-c5ccc(-c6ccccc6)cc5)c34)ccc21.CC.CC. The van der Waals surface area contributed by atoms with Gasteiger partial charge in [0, 0.05) is 38.5 Å². The van der Waals surface area contributed by atoms with Crippen LogP contribution in [0.3, 0.4) is 0 Å². The Labute approximate surface area is 325 Å². The Morgan fingerprint density at radius 1 is 0.509 bits per heavy atom. The van der Waals surface area contributed by atoms with Crippen molar-refractivity contribution in [2.45, 2.75) is 34.1 Å². The van der Waals surface area contributed by atoms with Gasteiger partial charge in [-0.25, -0.2) is 0 Å². The number of rotatable bonds is 8. The van der Waals surface area contributed by atoms with Gasteiger partial charge in [0.2, 0.25) is 0 Å². The maximum absolute atomic E-state index is 4.23. The lowest BCUT2D eigenvalue weighted by Crippen LogP contribution is -1.96. The number of allylic oxidation sites excluding steroid dienone is 4. The molecule has 9 aromatic rings. The van der Waals surface area contributed by atoms with E-state index in [1.54, 1.807) is 0 Å². The number of fused-ring (bicyclic) bond motifs is 6. The molecule has 0 spiro atoms. The standard InChI is InChI=1S/C49H36N2.2C2H6/c1-2-39(21-10-9-18-35-16-5-3-6-17-35)50-46-26-13-12-23-43(46)45-34-38(30-33-48(45)50)41-24-15-25-44-42-22-11-14-27-47(42)51(49(41)44)40-31-28-37(29-32-40)36-19-7-4-8-20-36;2*1-2/h2-9,11-34H,1,10H2;2*1-2H3/b18-9?,39-21+;;. The van der Waals surface area contributed by atoms with Crippen molar-refractivity contribution in [2.75, 3.05) is 0 Å². The summed E-state index contributed by atoms with van der Waals surface area (Å²) >= 11 is 0. The van der Waals surface area contributed by atoms with Crippen LogP contribution in [0.1, 0.15) is 39.7 Å². The Hall–Kier alpha value is -6.64. The average Bonchev–Trinajstić information content (AvgIpc) is 3.79. The molecular formula is C53H48N2. The van der Waals surface area contributed by atoms with Crippen LogP contribution in [-0.2, 0) is 0 Å². The Bertz CT molecular complexity index is 2760. The van der Waals surface area contributed by atoms with Crippen LogP contribution in [-0.4, -0.2) is 9.13 Å². The molecule has 7 aromatic carbocycles. The molecule has 0 radical (unpaired) electrons. The van der Waals surface area contributed by atoms with Crippen LogP contribution in [0.25, 0.3) is 83.3 Å². The van der Waals surface area contributed by atoms with Gasteiger partial charge in [0.25, 0.3) is 0 Å². The normalized spacial score (nSPS) is 11.5. The van der Waals surface area contributed by atoms with Crippen LogP contribution in [0, 0.1) is 0 Å². The summed E-state index contributed by atoms with van der Waals surface area (Å²) in [7, 11) is 0. The van der Waals surface area contributed by atoms with Gasteiger partial charge in [0.1, 0.15) is 0 Å². The molecule has 0 saturated carbocycles. The molecule has 0 amide bonds. The minimum atomic E-state index is 0.807. The topological polar surface area (TPSA) is 9.86 Å². The summed E-state index contributed by atoms with van der Waals surface area (Å²) in [6.07, 6.45) is 9.42. The lowest BCUT2D eigenvalue weighted by molar-refractivity contribution is 1.18. The van der Waals surface area contributed by atoms with E-state index in [-0.39, 0.29) is 0 Å². The third-order valence-electron chi connectivity index (χ3n) is 9.95. The van der Waals surface area contributed by atoms with Crippen molar-refractivity contribution < 1.29 is 0 Å². The zero-order chi connectivity index (χ0) is 38.1. The quantitative estimate of drug-likeness (QED) is 0.139. The second-order valence-corrected chi connectivity index (χ2v) is 12.9. The molecule has 0 aliphatic rings. The lowest BCUT2D eigenvalue weighted by atomic mass is 9.99. The number of hydrogen-bond donors (Lipinski definition) is 0. The molecule has 2 aromatic heterocycles. The second-order valence-electron chi connectivity index (χ2n) is 12.9. The zero-order valence-electron chi connectivity index (χ0n) is 32.3. The molecule has 0 aliphatic carbocycles. The Kier molecular flexibility index (Phi) is 11.4. The van der Waals surface area contributed by atoms with Gasteiger partial charge in [-0.05, 0) is 71.1 Å². The number of benzene rings is 7. The molecular weight excluding hydrogens is 665 g/mol. The predicted molar refractivity (Wildman–Crippen MR) is 242 cm³/mol. The fraction of sp³-hybridized carbons (Fsp3) is 0.0943.